The fraction of sp³-hybridized carbons (Fsp3) is 0.143. The first-order valence-corrected chi connectivity index (χ1v) is 3.17. The van der Waals surface area contributed by atoms with Crippen molar-refractivity contribution in [2.24, 2.45) is 0 Å². The van der Waals surface area contributed by atoms with Gasteiger partial charge in [0.1, 0.15) is 11.6 Å². The zero-order valence-electron chi connectivity index (χ0n) is 5.39. The molecule has 0 saturated carbocycles. The highest BCUT2D eigenvalue weighted by Crippen LogP contribution is 2.19. The summed E-state index contributed by atoms with van der Waals surface area (Å²) in [7, 11) is 0. The number of aliphatic hydroxyl groups excluding tert-OH is 1. The SMILES string of the molecule is OC1=Cc2cc[nH]c2NC1. The number of H-pyrrole nitrogens is 1. The lowest BCUT2D eigenvalue weighted by molar-refractivity contribution is 0.412. The van der Waals surface area contributed by atoms with E-state index >= 15 is 0 Å². The summed E-state index contributed by atoms with van der Waals surface area (Å²) in [6, 6.07) is 1.91. The number of aliphatic hydroxyl groups is 1. The number of nitrogens with one attached hydrogen (secondary N) is 2. The monoisotopic (exact) mass is 136 g/mol. The van der Waals surface area contributed by atoms with E-state index in [1.807, 2.05) is 12.3 Å². The molecule has 0 saturated heterocycles. The number of hydrogen-bond donors (Lipinski definition) is 3. The molecule has 0 amide bonds. The van der Waals surface area contributed by atoms with Gasteiger partial charge in [-0.25, -0.2) is 0 Å². The van der Waals surface area contributed by atoms with Gasteiger partial charge in [0.05, 0.1) is 6.54 Å². The summed E-state index contributed by atoms with van der Waals surface area (Å²) in [4.78, 5) is 3.01. The maximum Gasteiger partial charge on any atom is 0.112 e. The third-order valence-corrected chi connectivity index (χ3v) is 1.55. The van der Waals surface area contributed by atoms with E-state index in [2.05, 4.69) is 10.3 Å². The molecular formula is C7H8N2O. The van der Waals surface area contributed by atoms with E-state index in [9.17, 15) is 0 Å². The Hall–Kier alpha value is -1.38. The summed E-state index contributed by atoms with van der Waals surface area (Å²) in [6.07, 6.45) is 3.59. The molecule has 0 spiro atoms. The first-order valence-electron chi connectivity index (χ1n) is 3.17. The average molecular weight is 136 g/mol. The maximum atomic E-state index is 9.06. The second kappa shape index (κ2) is 1.80. The topological polar surface area (TPSA) is 48.0 Å². The van der Waals surface area contributed by atoms with Gasteiger partial charge in [0.25, 0.3) is 0 Å². The Morgan fingerprint density at radius 1 is 1.50 bits per heavy atom. The Morgan fingerprint density at radius 3 is 3.30 bits per heavy atom. The second-order valence-electron chi connectivity index (χ2n) is 2.30. The van der Waals surface area contributed by atoms with Gasteiger partial charge in [-0.2, -0.15) is 0 Å². The molecule has 0 radical (unpaired) electrons. The van der Waals surface area contributed by atoms with Crippen molar-refractivity contribution < 1.29 is 5.11 Å². The number of aromatic amines is 1. The molecule has 0 atom stereocenters. The van der Waals surface area contributed by atoms with E-state index in [0.717, 1.165) is 11.4 Å². The largest absolute Gasteiger partial charge is 0.510 e. The predicted octanol–water partition coefficient (Wildman–Crippen LogP) is 1.34. The zero-order valence-corrected chi connectivity index (χ0v) is 5.39. The molecule has 3 N–H and O–H groups in total. The van der Waals surface area contributed by atoms with Crippen molar-refractivity contribution in [1.29, 1.82) is 0 Å². The van der Waals surface area contributed by atoms with Crippen LogP contribution in [0, 0.1) is 0 Å². The third-order valence-electron chi connectivity index (χ3n) is 1.55. The van der Waals surface area contributed by atoms with Crippen molar-refractivity contribution in [2.45, 2.75) is 0 Å². The van der Waals surface area contributed by atoms with Crippen molar-refractivity contribution in [1.82, 2.24) is 4.98 Å². The molecule has 3 heteroatoms. The number of anilines is 1. The van der Waals surface area contributed by atoms with Gasteiger partial charge in [-0.15, -0.1) is 0 Å². The van der Waals surface area contributed by atoms with Crippen LogP contribution in [0.4, 0.5) is 5.82 Å². The van der Waals surface area contributed by atoms with Crippen LogP contribution in [0.5, 0.6) is 0 Å². The number of fused-ring (bicyclic) bond motifs is 1. The molecule has 0 fully saturated rings. The molecule has 0 aliphatic carbocycles. The van der Waals surface area contributed by atoms with Crippen molar-refractivity contribution in [3.8, 4) is 0 Å². The van der Waals surface area contributed by atoms with E-state index in [-0.39, 0.29) is 0 Å². The van der Waals surface area contributed by atoms with Gasteiger partial charge < -0.3 is 15.4 Å². The molecular weight excluding hydrogens is 128 g/mol. The smallest absolute Gasteiger partial charge is 0.112 e. The summed E-state index contributed by atoms with van der Waals surface area (Å²) >= 11 is 0. The summed E-state index contributed by atoms with van der Waals surface area (Å²) in [6.45, 7) is 0.521. The minimum atomic E-state index is 0.382. The first kappa shape index (κ1) is 5.41. The molecule has 1 aromatic heterocycles. The number of hydrogen-bond acceptors (Lipinski definition) is 2. The molecule has 3 nitrogen and oxygen atoms in total. The molecule has 1 aliphatic rings. The highest BCUT2D eigenvalue weighted by Gasteiger charge is 2.07. The van der Waals surface area contributed by atoms with Crippen LogP contribution in [0.15, 0.2) is 18.0 Å². The van der Waals surface area contributed by atoms with Crippen LogP contribution in [-0.2, 0) is 0 Å². The third kappa shape index (κ3) is 0.673. The molecule has 0 aromatic carbocycles. The highest BCUT2D eigenvalue weighted by molar-refractivity contribution is 5.68. The van der Waals surface area contributed by atoms with Crippen LogP contribution in [0.1, 0.15) is 5.56 Å². The number of rotatable bonds is 0. The minimum Gasteiger partial charge on any atom is -0.510 e. The Kier molecular flexibility index (Phi) is 0.974. The molecule has 1 aliphatic heterocycles. The van der Waals surface area contributed by atoms with Gasteiger partial charge in [0, 0.05) is 11.8 Å². The highest BCUT2D eigenvalue weighted by atomic mass is 16.3. The fourth-order valence-corrected chi connectivity index (χ4v) is 1.06. The van der Waals surface area contributed by atoms with Crippen LogP contribution in [0.2, 0.25) is 0 Å². The summed E-state index contributed by atoms with van der Waals surface area (Å²) in [5, 5.41) is 12.1. The van der Waals surface area contributed by atoms with Crippen molar-refractivity contribution >= 4 is 11.9 Å². The molecule has 0 unspecified atom stereocenters. The van der Waals surface area contributed by atoms with Crippen LogP contribution in [0.25, 0.3) is 6.08 Å². The van der Waals surface area contributed by atoms with E-state index in [1.165, 1.54) is 0 Å². The van der Waals surface area contributed by atoms with Crippen LogP contribution >= 0.6 is 0 Å². The van der Waals surface area contributed by atoms with Gasteiger partial charge in [-0.1, -0.05) is 0 Å². The van der Waals surface area contributed by atoms with Gasteiger partial charge in [0.15, 0.2) is 0 Å². The van der Waals surface area contributed by atoms with E-state index in [1.54, 1.807) is 6.08 Å². The first-order chi connectivity index (χ1) is 4.86. The lowest BCUT2D eigenvalue weighted by Crippen LogP contribution is -2.09. The van der Waals surface area contributed by atoms with E-state index in [0.29, 0.717) is 12.3 Å². The second-order valence-corrected chi connectivity index (χ2v) is 2.30. The van der Waals surface area contributed by atoms with Gasteiger partial charge in [-0.3, -0.25) is 0 Å². The molecule has 2 rings (SSSR count). The maximum absolute atomic E-state index is 9.06. The summed E-state index contributed by atoms with van der Waals surface area (Å²) < 4.78 is 0. The van der Waals surface area contributed by atoms with Gasteiger partial charge in [-0.05, 0) is 12.1 Å². The average Bonchev–Trinajstić information content (AvgIpc) is 2.33. The van der Waals surface area contributed by atoms with Crippen molar-refractivity contribution in [3.63, 3.8) is 0 Å². The van der Waals surface area contributed by atoms with Crippen LogP contribution < -0.4 is 5.32 Å². The van der Waals surface area contributed by atoms with Gasteiger partial charge >= 0.3 is 0 Å². The molecule has 52 valence electrons. The van der Waals surface area contributed by atoms with Crippen LogP contribution in [-0.4, -0.2) is 16.6 Å². The normalized spacial score (nSPS) is 15.4. The van der Waals surface area contributed by atoms with Gasteiger partial charge in [0.2, 0.25) is 0 Å². The number of aromatic nitrogens is 1. The zero-order chi connectivity index (χ0) is 6.97. The fourth-order valence-electron chi connectivity index (χ4n) is 1.06. The minimum absolute atomic E-state index is 0.382. The Balaban J connectivity index is 2.50. The molecule has 2 heterocycles. The molecule has 0 bridgehead atoms. The predicted molar refractivity (Wildman–Crippen MR) is 39.9 cm³/mol. The summed E-state index contributed by atoms with van der Waals surface area (Å²) in [5.74, 6) is 1.37. The van der Waals surface area contributed by atoms with Crippen LogP contribution in [0.3, 0.4) is 0 Å². The standard InChI is InChI=1S/C7H8N2O/c10-6-3-5-1-2-8-7(5)9-4-6/h1-3,8-10H,4H2. The molecule has 1 aromatic rings. The van der Waals surface area contributed by atoms with E-state index in [4.69, 9.17) is 5.11 Å². The van der Waals surface area contributed by atoms with E-state index < -0.39 is 0 Å². The van der Waals surface area contributed by atoms with Crippen molar-refractivity contribution in [3.05, 3.63) is 23.6 Å². The van der Waals surface area contributed by atoms with Crippen molar-refractivity contribution in [2.75, 3.05) is 11.9 Å². The lowest BCUT2D eigenvalue weighted by Gasteiger charge is -2.10. The Morgan fingerprint density at radius 2 is 2.40 bits per heavy atom. The quantitative estimate of drug-likeness (QED) is 0.504. The molecule has 10 heavy (non-hydrogen) atoms. The Labute approximate surface area is 58.4 Å². The Bertz CT molecular complexity index is 275. The lowest BCUT2D eigenvalue weighted by atomic mass is 10.2. The summed E-state index contributed by atoms with van der Waals surface area (Å²) in [5.41, 5.74) is 1.02.